The van der Waals surface area contributed by atoms with Gasteiger partial charge in [-0.1, -0.05) is 6.08 Å². The molecule has 0 bridgehead atoms. The molecule has 1 fully saturated rings. The Hall–Kier alpha value is -0.930. The third-order valence-electron chi connectivity index (χ3n) is 2.97. The molecule has 0 spiro atoms. The van der Waals surface area contributed by atoms with E-state index < -0.39 is 0 Å². The molecule has 0 aromatic carbocycles. The minimum absolute atomic E-state index is 0.152. The summed E-state index contributed by atoms with van der Waals surface area (Å²) in [6, 6.07) is 2.13. The van der Waals surface area contributed by atoms with Gasteiger partial charge in [-0.3, -0.25) is 4.90 Å². The Balaban J connectivity index is 2.11. The highest BCUT2D eigenvalue weighted by atomic mass is 32.1. The lowest BCUT2D eigenvalue weighted by Crippen LogP contribution is -2.20. The second kappa shape index (κ2) is 4.73. The van der Waals surface area contributed by atoms with Gasteiger partial charge in [0.1, 0.15) is 6.29 Å². The molecular formula is C12H15NOS. The molecule has 80 valence electrons. The van der Waals surface area contributed by atoms with Crippen LogP contribution in [-0.2, 0) is 4.79 Å². The quantitative estimate of drug-likeness (QED) is 0.573. The van der Waals surface area contributed by atoms with Crippen LogP contribution in [0.25, 0.3) is 0 Å². The first-order valence-corrected chi connectivity index (χ1v) is 6.10. The lowest BCUT2D eigenvalue weighted by molar-refractivity contribution is -0.111. The summed E-state index contributed by atoms with van der Waals surface area (Å²) in [6.45, 7) is 6.46. The summed E-state index contributed by atoms with van der Waals surface area (Å²) in [5.41, 5.74) is 1.31. The van der Waals surface area contributed by atoms with E-state index in [9.17, 15) is 4.79 Å². The molecule has 2 nitrogen and oxygen atoms in total. The second-order valence-corrected chi connectivity index (χ2v) is 4.75. The molecule has 3 heteroatoms. The number of aldehydes is 1. The Morgan fingerprint density at radius 3 is 3.07 bits per heavy atom. The van der Waals surface area contributed by atoms with Crippen molar-refractivity contribution in [1.82, 2.24) is 4.90 Å². The predicted molar refractivity (Wildman–Crippen MR) is 63.3 cm³/mol. The van der Waals surface area contributed by atoms with Gasteiger partial charge in [0.25, 0.3) is 0 Å². The molecule has 0 aliphatic carbocycles. The molecule has 1 aliphatic heterocycles. The second-order valence-electron chi connectivity index (χ2n) is 3.97. The largest absolute Gasteiger partial charge is 0.303 e. The van der Waals surface area contributed by atoms with E-state index in [1.165, 1.54) is 5.56 Å². The number of hydrogen-bond acceptors (Lipinski definition) is 3. The normalized spacial score (nSPS) is 26.7. The van der Waals surface area contributed by atoms with E-state index in [4.69, 9.17) is 0 Å². The van der Waals surface area contributed by atoms with Crippen LogP contribution in [0.1, 0.15) is 11.5 Å². The minimum Gasteiger partial charge on any atom is -0.303 e. The lowest BCUT2D eigenvalue weighted by Gasteiger charge is -2.12. The maximum Gasteiger partial charge on any atom is 0.125 e. The molecule has 0 unspecified atom stereocenters. The maximum absolute atomic E-state index is 11.0. The Labute approximate surface area is 94.2 Å². The molecule has 2 atom stereocenters. The molecule has 0 amide bonds. The number of rotatable bonds is 4. The molecule has 2 heterocycles. The van der Waals surface area contributed by atoms with Crippen molar-refractivity contribution in [1.29, 1.82) is 0 Å². The Kier molecular flexibility index (Phi) is 3.34. The summed E-state index contributed by atoms with van der Waals surface area (Å²) in [5.74, 6) is 0.535. The Bertz CT molecular complexity index is 333. The van der Waals surface area contributed by atoms with Crippen molar-refractivity contribution >= 4 is 17.6 Å². The first-order valence-electron chi connectivity index (χ1n) is 5.15. The first kappa shape index (κ1) is 10.6. The van der Waals surface area contributed by atoms with Crippen LogP contribution in [0, 0.1) is 5.92 Å². The highest BCUT2D eigenvalue weighted by Crippen LogP contribution is 2.32. The summed E-state index contributed by atoms with van der Waals surface area (Å²) in [4.78, 5) is 13.3. The van der Waals surface area contributed by atoms with Crippen molar-refractivity contribution in [3.05, 3.63) is 35.0 Å². The van der Waals surface area contributed by atoms with Gasteiger partial charge in [0.15, 0.2) is 0 Å². The van der Waals surface area contributed by atoms with E-state index in [-0.39, 0.29) is 5.92 Å². The van der Waals surface area contributed by atoms with Gasteiger partial charge >= 0.3 is 0 Å². The van der Waals surface area contributed by atoms with Crippen LogP contribution in [0.15, 0.2) is 29.5 Å². The Morgan fingerprint density at radius 2 is 2.47 bits per heavy atom. The van der Waals surface area contributed by atoms with Gasteiger partial charge < -0.3 is 4.79 Å². The fourth-order valence-electron chi connectivity index (χ4n) is 2.22. The number of hydrogen-bond donors (Lipinski definition) is 0. The van der Waals surface area contributed by atoms with E-state index in [0.717, 1.165) is 25.9 Å². The van der Waals surface area contributed by atoms with Crippen LogP contribution in [0.4, 0.5) is 0 Å². The summed E-state index contributed by atoms with van der Waals surface area (Å²) >= 11 is 1.70. The lowest BCUT2D eigenvalue weighted by atomic mass is 9.92. The zero-order chi connectivity index (χ0) is 10.7. The fraction of sp³-hybridized carbons (Fsp3) is 0.417. The molecular weight excluding hydrogens is 206 g/mol. The minimum atomic E-state index is 0.152. The molecule has 0 radical (unpaired) electrons. The van der Waals surface area contributed by atoms with Crippen molar-refractivity contribution in [3.63, 3.8) is 0 Å². The number of likely N-dealkylation sites (tertiary alicyclic amines) is 1. The van der Waals surface area contributed by atoms with Gasteiger partial charge in [0.2, 0.25) is 0 Å². The molecule has 1 aliphatic rings. The van der Waals surface area contributed by atoms with Crippen molar-refractivity contribution in [2.75, 3.05) is 19.6 Å². The average molecular weight is 221 g/mol. The van der Waals surface area contributed by atoms with E-state index in [1.807, 2.05) is 6.08 Å². The van der Waals surface area contributed by atoms with Crippen LogP contribution in [0.3, 0.4) is 0 Å². The first-order chi connectivity index (χ1) is 7.35. The number of carbonyl (C=O) groups is 1. The zero-order valence-electron chi connectivity index (χ0n) is 8.63. The summed E-state index contributed by atoms with van der Waals surface area (Å²) in [6.07, 6.45) is 3.00. The van der Waals surface area contributed by atoms with Crippen molar-refractivity contribution in [3.8, 4) is 0 Å². The zero-order valence-corrected chi connectivity index (χ0v) is 9.45. The van der Waals surface area contributed by atoms with Crippen LogP contribution in [-0.4, -0.2) is 30.8 Å². The van der Waals surface area contributed by atoms with Gasteiger partial charge in [-0.05, 0) is 22.4 Å². The number of carbonyl (C=O) groups excluding carboxylic acids is 1. The monoisotopic (exact) mass is 221 g/mol. The highest BCUT2D eigenvalue weighted by Gasteiger charge is 2.32. The molecule has 0 saturated carbocycles. The molecule has 1 aromatic heterocycles. The van der Waals surface area contributed by atoms with Crippen LogP contribution in [0.2, 0.25) is 0 Å². The molecule has 0 N–H and O–H groups in total. The molecule has 2 rings (SSSR count). The highest BCUT2D eigenvalue weighted by molar-refractivity contribution is 7.08. The predicted octanol–water partition coefficient (Wildman–Crippen LogP) is 2.15. The topological polar surface area (TPSA) is 20.3 Å². The van der Waals surface area contributed by atoms with Gasteiger partial charge in [-0.2, -0.15) is 11.3 Å². The number of thiophene rings is 1. The SMILES string of the molecule is C=CCN1C[C@H](c2ccsc2)[C@@H](C=O)C1. The summed E-state index contributed by atoms with van der Waals surface area (Å²) < 4.78 is 0. The number of nitrogens with zero attached hydrogens (tertiary/aromatic N) is 1. The third-order valence-corrected chi connectivity index (χ3v) is 3.68. The van der Waals surface area contributed by atoms with E-state index >= 15 is 0 Å². The van der Waals surface area contributed by atoms with Crippen molar-refractivity contribution in [2.45, 2.75) is 5.92 Å². The smallest absolute Gasteiger partial charge is 0.125 e. The van der Waals surface area contributed by atoms with Crippen LogP contribution < -0.4 is 0 Å². The Morgan fingerprint density at radius 1 is 1.60 bits per heavy atom. The van der Waals surface area contributed by atoms with E-state index in [2.05, 4.69) is 28.3 Å². The maximum atomic E-state index is 11.0. The molecule has 1 aromatic rings. The van der Waals surface area contributed by atoms with Gasteiger partial charge in [-0.15, -0.1) is 6.58 Å². The van der Waals surface area contributed by atoms with Gasteiger partial charge in [0.05, 0.1) is 0 Å². The summed E-state index contributed by atoms with van der Waals surface area (Å²) in [7, 11) is 0. The summed E-state index contributed by atoms with van der Waals surface area (Å²) in [5, 5.41) is 4.23. The van der Waals surface area contributed by atoms with Crippen molar-refractivity contribution in [2.24, 2.45) is 5.92 Å². The van der Waals surface area contributed by atoms with E-state index in [1.54, 1.807) is 11.3 Å². The fourth-order valence-corrected chi connectivity index (χ4v) is 2.95. The van der Waals surface area contributed by atoms with Gasteiger partial charge in [0, 0.05) is 31.5 Å². The molecule has 1 saturated heterocycles. The van der Waals surface area contributed by atoms with Crippen molar-refractivity contribution < 1.29 is 4.79 Å². The van der Waals surface area contributed by atoms with Gasteiger partial charge in [-0.25, -0.2) is 0 Å². The molecule has 15 heavy (non-hydrogen) atoms. The standard InChI is InChI=1S/C12H15NOS/c1-2-4-13-6-11(8-14)12(7-13)10-3-5-15-9-10/h2-3,5,8-9,11-12H,1,4,6-7H2/t11-,12-/m1/s1. The van der Waals surface area contributed by atoms with E-state index in [0.29, 0.717) is 5.92 Å². The van der Waals surface area contributed by atoms with Crippen LogP contribution in [0.5, 0.6) is 0 Å². The van der Waals surface area contributed by atoms with Crippen LogP contribution >= 0.6 is 11.3 Å². The average Bonchev–Trinajstić information content (AvgIpc) is 2.84. The third kappa shape index (κ3) is 2.19.